The zero-order chi connectivity index (χ0) is 22.6. The summed E-state index contributed by atoms with van der Waals surface area (Å²) in [5.41, 5.74) is 1.07. The third kappa shape index (κ3) is 5.98. The van der Waals surface area contributed by atoms with Gasteiger partial charge < -0.3 is 21.1 Å². The summed E-state index contributed by atoms with van der Waals surface area (Å²) < 4.78 is -1.92. The average Bonchev–Trinajstić information content (AvgIpc) is 2.72. The van der Waals surface area contributed by atoms with Crippen molar-refractivity contribution in [2.75, 3.05) is 5.32 Å². The number of anilines is 1. The van der Waals surface area contributed by atoms with E-state index in [4.69, 9.17) is 52.1 Å². The van der Waals surface area contributed by atoms with Gasteiger partial charge in [0, 0.05) is 11.3 Å². The summed E-state index contributed by atoms with van der Waals surface area (Å²) in [7, 11) is 0. The molecule has 0 radical (unpaired) electrons. The lowest BCUT2D eigenvalue weighted by molar-refractivity contribution is 0.0696. The molecule has 0 spiro atoms. The van der Waals surface area contributed by atoms with Gasteiger partial charge in [-0.1, -0.05) is 71.2 Å². The fourth-order valence-corrected chi connectivity index (χ4v) is 3.39. The number of rotatable bonds is 5. The van der Waals surface area contributed by atoms with Gasteiger partial charge in [-0.05, 0) is 53.3 Å². The van der Waals surface area contributed by atoms with Crippen LogP contribution in [-0.2, 0) is 0 Å². The molecule has 1 amide bonds. The van der Waals surface area contributed by atoms with Gasteiger partial charge in [0.25, 0.3) is 5.91 Å². The highest BCUT2D eigenvalue weighted by Crippen LogP contribution is 2.30. The van der Waals surface area contributed by atoms with E-state index in [1.807, 2.05) is 30.3 Å². The van der Waals surface area contributed by atoms with Crippen molar-refractivity contribution in [2.24, 2.45) is 0 Å². The van der Waals surface area contributed by atoms with Gasteiger partial charge >= 0.3 is 5.97 Å². The van der Waals surface area contributed by atoms with Gasteiger partial charge in [0.05, 0.1) is 5.56 Å². The standard InChI is InChI=1S/C21H16Cl3N3O3S/c22-21(23,24)19(27-20(31)25-14-10-8-13(9-11-14)18(29)30)26-17(28)16-7-3-5-12-4-1-2-6-15(12)16/h1-11,19H,(H,26,28)(H,29,30)(H2,25,27,31)/t19-/m0/s1. The minimum Gasteiger partial charge on any atom is -0.478 e. The molecule has 3 aromatic carbocycles. The van der Waals surface area contributed by atoms with E-state index in [1.165, 1.54) is 24.3 Å². The van der Waals surface area contributed by atoms with E-state index in [-0.39, 0.29) is 10.7 Å². The molecule has 1 atom stereocenters. The third-order valence-electron chi connectivity index (χ3n) is 4.30. The van der Waals surface area contributed by atoms with E-state index in [2.05, 4.69) is 16.0 Å². The molecule has 10 heteroatoms. The SMILES string of the molecule is O=C(O)c1ccc(NC(=S)N[C@H](NC(=O)c2cccc3ccccc23)C(Cl)(Cl)Cl)cc1. The number of aromatic carboxylic acids is 1. The first-order valence-corrected chi connectivity index (χ1v) is 10.5. The number of carboxylic acid groups (broad SMARTS) is 1. The number of halogens is 3. The van der Waals surface area contributed by atoms with Crippen LogP contribution in [0.4, 0.5) is 5.69 Å². The monoisotopic (exact) mass is 495 g/mol. The lowest BCUT2D eigenvalue weighted by atomic mass is 10.0. The van der Waals surface area contributed by atoms with Crippen molar-refractivity contribution >= 4 is 80.5 Å². The van der Waals surface area contributed by atoms with Crippen LogP contribution in [0.5, 0.6) is 0 Å². The fourth-order valence-electron chi connectivity index (χ4n) is 2.83. The molecular weight excluding hydrogens is 481 g/mol. The van der Waals surface area contributed by atoms with E-state index in [0.29, 0.717) is 11.3 Å². The second-order valence-electron chi connectivity index (χ2n) is 6.46. The quantitative estimate of drug-likeness (QED) is 0.227. The summed E-state index contributed by atoms with van der Waals surface area (Å²) in [6, 6.07) is 18.7. The molecule has 0 aliphatic carbocycles. The van der Waals surface area contributed by atoms with Crippen LogP contribution in [0, 0.1) is 0 Å². The van der Waals surface area contributed by atoms with Crippen molar-refractivity contribution in [3.63, 3.8) is 0 Å². The molecule has 0 aliphatic rings. The first-order chi connectivity index (χ1) is 14.6. The normalized spacial score (nSPS) is 12.1. The number of amides is 1. The molecule has 4 N–H and O–H groups in total. The number of hydrogen-bond acceptors (Lipinski definition) is 3. The zero-order valence-electron chi connectivity index (χ0n) is 15.7. The maximum atomic E-state index is 12.9. The summed E-state index contributed by atoms with van der Waals surface area (Å²) in [5, 5.41) is 19.0. The van der Waals surface area contributed by atoms with Crippen molar-refractivity contribution in [3.8, 4) is 0 Å². The lowest BCUT2D eigenvalue weighted by Gasteiger charge is -2.28. The number of alkyl halides is 3. The molecule has 6 nitrogen and oxygen atoms in total. The van der Waals surface area contributed by atoms with Gasteiger partial charge in [-0.3, -0.25) is 4.79 Å². The summed E-state index contributed by atoms with van der Waals surface area (Å²) in [5.74, 6) is -1.49. The second kappa shape index (κ2) is 9.70. The zero-order valence-corrected chi connectivity index (χ0v) is 18.8. The molecule has 3 rings (SSSR count). The van der Waals surface area contributed by atoms with Crippen LogP contribution in [0.2, 0.25) is 0 Å². The highest BCUT2D eigenvalue weighted by molar-refractivity contribution is 7.80. The Morgan fingerprint density at radius 2 is 1.55 bits per heavy atom. The highest BCUT2D eigenvalue weighted by Gasteiger charge is 2.35. The van der Waals surface area contributed by atoms with E-state index in [0.717, 1.165) is 10.8 Å². The maximum absolute atomic E-state index is 12.9. The Hall–Kier alpha value is -2.58. The number of nitrogens with one attached hydrogen (secondary N) is 3. The van der Waals surface area contributed by atoms with Crippen LogP contribution in [0.15, 0.2) is 66.7 Å². The molecule has 0 saturated heterocycles. The molecule has 0 aromatic heterocycles. The first-order valence-electron chi connectivity index (χ1n) is 8.91. The van der Waals surface area contributed by atoms with Crippen molar-refractivity contribution in [1.82, 2.24) is 10.6 Å². The molecule has 0 fully saturated rings. The maximum Gasteiger partial charge on any atom is 0.335 e. The average molecular weight is 497 g/mol. The van der Waals surface area contributed by atoms with Gasteiger partial charge in [-0.2, -0.15) is 0 Å². The van der Waals surface area contributed by atoms with Gasteiger partial charge in [-0.15, -0.1) is 0 Å². The molecule has 160 valence electrons. The highest BCUT2D eigenvalue weighted by atomic mass is 35.6. The van der Waals surface area contributed by atoms with Crippen LogP contribution in [0.25, 0.3) is 10.8 Å². The molecule has 0 bridgehead atoms. The van der Waals surface area contributed by atoms with Gasteiger partial charge in [-0.25, -0.2) is 4.79 Å². The topological polar surface area (TPSA) is 90.5 Å². The second-order valence-corrected chi connectivity index (χ2v) is 9.23. The van der Waals surface area contributed by atoms with Crippen molar-refractivity contribution in [1.29, 1.82) is 0 Å². The van der Waals surface area contributed by atoms with E-state index in [9.17, 15) is 9.59 Å². The van der Waals surface area contributed by atoms with Crippen LogP contribution in [-0.4, -0.2) is 32.1 Å². The van der Waals surface area contributed by atoms with E-state index in [1.54, 1.807) is 12.1 Å². The molecule has 3 aromatic rings. The van der Waals surface area contributed by atoms with E-state index < -0.39 is 21.8 Å². The number of carbonyl (C=O) groups excluding carboxylic acids is 1. The number of benzene rings is 3. The molecule has 0 saturated carbocycles. The first kappa shape index (κ1) is 23.1. The van der Waals surface area contributed by atoms with Crippen LogP contribution < -0.4 is 16.0 Å². The van der Waals surface area contributed by atoms with Gasteiger partial charge in [0.2, 0.25) is 3.79 Å². The largest absolute Gasteiger partial charge is 0.478 e. The Morgan fingerprint density at radius 1 is 0.903 bits per heavy atom. The molecule has 0 unspecified atom stereocenters. The number of fused-ring (bicyclic) bond motifs is 1. The summed E-state index contributed by atoms with van der Waals surface area (Å²) in [6.45, 7) is 0. The van der Waals surface area contributed by atoms with Crippen LogP contribution in [0.3, 0.4) is 0 Å². The smallest absolute Gasteiger partial charge is 0.335 e. The van der Waals surface area contributed by atoms with E-state index >= 15 is 0 Å². The molecule has 0 aliphatic heterocycles. The summed E-state index contributed by atoms with van der Waals surface area (Å²) in [4.78, 5) is 23.9. The Balaban J connectivity index is 1.73. The van der Waals surface area contributed by atoms with Crippen molar-refractivity contribution < 1.29 is 14.7 Å². The van der Waals surface area contributed by atoms with Crippen LogP contribution >= 0.6 is 47.0 Å². The Kier molecular flexibility index (Phi) is 7.23. The minimum absolute atomic E-state index is 0.0672. The molecule has 31 heavy (non-hydrogen) atoms. The molecular formula is C21H16Cl3N3O3S. The van der Waals surface area contributed by atoms with Crippen molar-refractivity contribution in [3.05, 3.63) is 77.9 Å². The van der Waals surface area contributed by atoms with Gasteiger partial charge in [0.15, 0.2) is 5.11 Å². The number of thiocarbonyl (C=S) groups is 1. The van der Waals surface area contributed by atoms with Gasteiger partial charge in [0.1, 0.15) is 6.17 Å². The summed E-state index contributed by atoms with van der Waals surface area (Å²) in [6.07, 6.45) is -1.15. The summed E-state index contributed by atoms with van der Waals surface area (Å²) >= 11 is 23.4. The predicted octanol–water partition coefficient (Wildman–Crippen LogP) is 4.95. The Bertz CT molecular complexity index is 1130. The lowest BCUT2D eigenvalue weighted by Crippen LogP contribution is -2.56. The van der Waals surface area contributed by atoms with Crippen molar-refractivity contribution in [2.45, 2.75) is 9.96 Å². The number of hydrogen-bond donors (Lipinski definition) is 4. The Morgan fingerprint density at radius 3 is 2.19 bits per heavy atom. The minimum atomic E-state index is -1.92. The number of carbonyl (C=O) groups is 2. The van der Waals surface area contributed by atoms with Crippen LogP contribution in [0.1, 0.15) is 20.7 Å². The fraction of sp³-hybridized carbons (Fsp3) is 0.0952. The Labute approximate surface area is 198 Å². The number of carboxylic acids is 1. The predicted molar refractivity (Wildman–Crippen MR) is 128 cm³/mol. The third-order valence-corrected chi connectivity index (χ3v) is 5.18. The molecule has 0 heterocycles.